The maximum absolute atomic E-state index is 12.0. The van der Waals surface area contributed by atoms with Gasteiger partial charge in [-0.15, -0.1) is 0 Å². The van der Waals surface area contributed by atoms with Gasteiger partial charge in [-0.3, -0.25) is 10.1 Å². The van der Waals surface area contributed by atoms with Crippen LogP contribution in [0.25, 0.3) is 97.3 Å². The number of tetrazole rings is 3. The monoisotopic (exact) mass is 1720 g/mol. The first-order valence-electron chi connectivity index (χ1n) is 31.9. The molecule has 0 saturated heterocycles. The van der Waals surface area contributed by atoms with E-state index in [0.29, 0.717) is 43.1 Å². The molecular formula is C66H47N16O23S9-3. The van der Waals surface area contributed by atoms with Crippen LogP contribution in [-0.2, 0) is 80.5 Å². The van der Waals surface area contributed by atoms with E-state index in [2.05, 4.69) is 45.5 Å². The second-order valence-corrected chi connectivity index (χ2v) is 35.4. The summed E-state index contributed by atoms with van der Waals surface area (Å²) in [6.07, 6.45) is 0. The molecule has 0 spiro atoms. The van der Waals surface area contributed by atoms with Gasteiger partial charge in [0.25, 0.3) is 23.2 Å². The fourth-order valence-corrected chi connectivity index (χ4v) is 17.7. The molecule has 3 N–H and O–H groups in total. The van der Waals surface area contributed by atoms with Crippen LogP contribution in [0, 0.1) is 30.9 Å². The first kappa shape index (κ1) is 80.6. The Kier molecular flexibility index (Phi) is 21.8. The molecule has 39 nitrogen and oxygen atoms in total. The van der Waals surface area contributed by atoms with Gasteiger partial charge in [0.15, 0.2) is 16.6 Å². The number of non-ortho nitro benzene ring substituents is 1. The molecule has 0 aliphatic rings. The lowest BCUT2D eigenvalue weighted by atomic mass is 10.1. The van der Waals surface area contributed by atoms with Crippen molar-refractivity contribution < 1.29 is 112 Å². The van der Waals surface area contributed by atoms with E-state index in [4.69, 9.17) is 0 Å². The summed E-state index contributed by atoms with van der Waals surface area (Å²) in [7, 11) is -29.4. The van der Waals surface area contributed by atoms with Crippen LogP contribution in [0.15, 0.2) is 205 Å². The quantitative estimate of drug-likeness (QED) is 0.0442. The van der Waals surface area contributed by atoms with Crippen LogP contribution in [0.2, 0.25) is 0 Å². The summed E-state index contributed by atoms with van der Waals surface area (Å²) in [5.41, 5.74) is 2.95. The summed E-state index contributed by atoms with van der Waals surface area (Å²) in [6, 6.07) is 40.5. The molecule has 15 aromatic rings. The van der Waals surface area contributed by atoms with Gasteiger partial charge in [-0.25, -0.2) is 50.5 Å². The SMILES string of the molecule is Cc1ccc(-c2nn(-c3cc(S(=O)(=O)[O-])ccc3CO)[n+](-c3nc4ccc([N+](=O)[O-])cc4s3)n2)c(S(=O)(=O)[O-])c1.Cc1ccc(-c2nn(-c3cc(S(=O)(=O)[O-])ccc3CO)[n+](-c3nc4ccccc4s3)n2)c(S(=O)(=O)[O-])c1.Cc1ccc(-c2nn(-c3ccc(S(=O)(=O)[O-])cc3CO)[n+](-c3nc4ccccc4s3)n2)c(S(=O)(=O)[O-])c1. The number of benzene rings is 9. The number of hydrogen-bond donors (Lipinski definition) is 3. The van der Waals surface area contributed by atoms with Gasteiger partial charge in [-0.2, -0.15) is 0 Å². The normalized spacial score (nSPS) is 12.3. The zero-order valence-electron chi connectivity index (χ0n) is 57.7. The first-order chi connectivity index (χ1) is 53.7. The minimum absolute atomic E-state index is 0.0175. The van der Waals surface area contributed by atoms with E-state index >= 15 is 0 Å². The fourth-order valence-electron chi connectivity index (χ4n) is 11.1. The van der Waals surface area contributed by atoms with Crippen molar-refractivity contribution in [2.24, 2.45) is 0 Å². The summed E-state index contributed by atoms with van der Waals surface area (Å²) >= 11 is 3.39. The fraction of sp³-hybridized carbons (Fsp3) is 0.0909. The van der Waals surface area contributed by atoms with E-state index in [9.17, 15) is 103 Å². The van der Waals surface area contributed by atoms with Gasteiger partial charge in [0.1, 0.15) is 77.8 Å². The maximum Gasteiger partial charge on any atom is 0.365 e. The molecule has 9 aromatic carbocycles. The van der Waals surface area contributed by atoms with Crippen molar-refractivity contribution >= 4 is 131 Å². The van der Waals surface area contributed by atoms with Crippen LogP contribution in [0.4, 0.5) is 5.69 Å². The van der Waals surface area contributed by atoms with Gasteiger partial charge < -0.3 is 42.6 Å². The van der Waals surface area contributed by atoms with Crippen molar-refractivity contribution in [3.05, 3.63) is 219 Å². The Balaban J connectivity index is 0.000000149. The highest BCUT2D eigenvalue weighted by Crippen LogP contribution is 2.34. The third-order valence-electron chi connectivity index (χ3n) is 16.5. The van der Waals surface area contributed by atoms with Gasteiger partial charge in [-0.05, 0) is 191 Å². The number of aryl methyl sites for hydroxylation is 3. The Hall–Kier alpha value is -11.4. The van der Waals surface area contributed by atoms with Crippen LogP contribution in [-0.4, -0.2) is 158 Å². The Morgan fingerprint density at radius 1 is 0.368 bits per heavy atom. The number of rotatable bonds is 19. The highest BCUT2D eigenvalue weighted by atomic mass is 32.2. The van der Waals surface area contributed by atoms with Gasteiger partial charge >= 0.3 is 15.4 Å². The Morgan fingerprint density at radius 2 is 0.702 bits per heavy atom. The molecule has 0 radical (unpaired) electrons. The summed E-state index contributed by atoms with van der Waals surface area (Å²) in [5.74, 6) is -0.620. The summed E-state index contributed by atoms with van der Waals surface area (Å²) in [4.78, 5) is 27.3. The van der Waals surface area contributed by atoms with E-state index in [1.165, 1.54) is 110 Å². The van der Waals surface area contributed by atoms with Crippen molar-refractivity contribution in [3.8, 4) is 66.6 Å². The third kappa shape index (κ3) is 16.8. The Morgan fingerprint density at radius 3 is 1.04 bits per heavy atom. The lowest BCUT2D eigenvalue weighted by Gasteiger charge is -2.11. The molecule has 48 heteroatoms. The van der Waals surface area contributed by atoms with Gasteiger partial charge in [-0.1, -0.05) is 104 Å². The predicted octanol–water partition coefficient (Wildman–Crippen LogP) is 4.20. The topological polar surface area (TPSA) is 589 Å². The standard InChI is InChI=1S/C22H16N6O9S3.2C22H17N5O7S3/c1-12-2-6-16(20(8-12)40(35,36)37)21-24-26(18-10-15(39(32,33)34)5-3-13(18)11-29)27(25-21)22-23-17-7-4-14(28(30)31)9-19(17)38-22;1-13-6-9-16(20(10-13)37(32,33)34)21-24-26(18-11-15(36(29,30)31)8-7-14(18)12-28)27(25-21)22-23-17-4-2-3-5-19(17)35-22;1-13-6-8-16(20(10-13)37(32,33)34)21-24-26(18-9-7-15(36(29,30)31)11-14(18)12-28)27(25-21)22-23-17-4-2-3-5-19(17)35-22/h2-10,29H,11H2,1H3,(H-,32,33,34,35,36,37);2*2-11,28H,12H2,1H3,(H-,29,30,31,32,33,34)/p-3. The van der Waals surface area contributed by atoms with Crippen LogP contribution >= 0.6 is 34.0 Å². The molecule has 6 aromatic heterocycles. The zero-order chi connectivity index (χ0) is 82.1. The van der Waals surface area contributed by atoms with E-state index in [1.54, 1.807) is 57.2 Å². The number of aliphatic hydroxyl groups excluding tert-OH is 3. The van der Waals surface area contributed by atoms with E-state index in [1.807, 2.05) is 24.3 Å². The summed E-state index contributed by atoms with van der Waals surface area (Å²) in [6.45, 7) is 3.00. The molecule has 0 aliphatic heterocycles. The summed E-state index contributed by atoms with van der Waals surface area (Å²) in [5, 5.41) is 67.8. The van der Waals surface area contributed by atoms with Gasteiger partial charge in [0.05, 0.1) is 84.9 Å². The van der Waals surface area contributed by atoms with Crippen LogP contribution in [0.3, 0.4) is 0 Å². The van der Waals surface area contributed by atoms with Crippen molar-refractivity contribution in [3.63, 3.8) is 0 Å². The van der Waals surface area contributed by atoms with Crippen molar-refractivity contribution in [2.45, 2.75) is 70.0 Å². The highest BCUT2D eigenvalue weighted by Gasteiger charge is 2.34. The number of nitrogens with zero attached hydrogens (tertiary/aromatic N) is 16. The van der Waals surface area contributed by atoms with Crippen LogP contribution in [0.5, 0.6) is 0 Å². The molecule has 0 saturated carbocycles. The predicted molar refractivity (Wildman–Crippen MR) is 391 cm³/mol. The van der Waals surface area contributed by atoms with E-state index in [0.717, 1.165) is 77.6 Å². The Labute approximate surface area is 654 Å². The largest absolute Gasteiger partial charge is 0.744 e. The molecule has 0 bridgehead atoms. The molecule has 0 atom stereocenters. The lowest BCUT2D eigenvalue weighted by Crippen LogP contribution is -2.43. The van der Waals surface area contributed by atoms with Crippen molar-refractivity contribution in [1.82, 2.24) is 59.9 Å². The lowest BCUT2D eigenvalue weighted by molar-refractivity contribution is -0.734. The maximum atomic E-state index is 12.0. The number of para-hydroxylation sites is 2. The molecular weight excluding hydrogens is 1670 g/mol. The average Bonchev–Trinajstić information content (AvgIpc) is 1.61. The van der Waals surface area contributed by atoms with E-state index < -0.39 is 115 Å². The molecule has 0 fully saturated rings. The van der Waals surface area contributed by atoms with Crippen molar-refractivity contribution in [1.29, 1.82) is 0 Å². The molecule has 0 amide bonds. The number of hydrogen-bond acceptors (Lipinski definition) is 35. The minimum Gasteiger partial charge on any atom is -0.744 e. The highest BCUT2D eigenvalue weighted by molar-refractivity contribution is 7.87. The number of aliphatic hydroxyl groups is 3. The van der Waals surface area contributed by atoms with Gasteiger partial charge in [0.2, 0.25) is 0 Å². The molecule has 6 heterocycles. The number of thiazole rings is 3. The minimum atomic E-state index is -5.00. The van der Waals surface area contributed by atoms with Crippen LogP contribution in [0.1, 0.15) is 33.4 Å². The van der Waals surface area contributed by atoms with Gasteiger partial charge in [0, 0.05) is 44.1 Å². The molecule has 0 aliphatic carbocycles. The first-order valence-corrected chi connectivity index (χ1v) is 42.8. The van der Waals surface area contributed by atoms with E-state index in [-0.39, 0.29) is 83.9 Å². The number of nitro groups is 1. The average molecular weight is 1720 g/mol. The third-order valence-corrected chi connectivity index (χ3v) is 24.6. The molecule has 15 rings (SSSR count). The second-order valence-electron chi connectivity index (χ2n) is 24.2. The molecule has 586 valence electrons. The zero-order valence-corrected chi connectivity index (χ0v) is 65.0. The smallest absolute Gasteiger partial charge is 0.365 e. The number of nitro benzene ring substituents is 1. The number of fused-ring (bicyclic) bond motifs is 3. The molecule has 0 unspecified atom stereocenters. The summed E-state index contributed by atoms with van der Waals surface area (Å²) < 4.78 is 215. The molecule has 114 heavy (non-hydrogen) atoms. The Bertz CT molecular complexity index is 7130. The van der Waals surface area contributed by atoms with Crippen molar-refractivity contribution in [2.75, 3.05) is 0 Å². The van der Waals surface area contributed by atoms with Crippen LogP contribution < -0.4 is 14.4 Å². The number of aromatic nitrogens is 15. The second kappa shape index (κ2) is 30.8.